The average Bonchev–Trinajstić information content (AvgIpc) is 2.41. The van der Waals surface area contributed by atoms with E-state index in [-0.39, 0.29) is 22.1 Å². The Morgan fingerprint density at radius 1 is 1.35 bits per heavy atom. The Morgan fingerprint density at radius 2 is 2.10 bits per heavy atom. The van der Waals surface area contributed by atoms with Crippen molar-refractivity contribution in [1.29, 1.82) is 0 Å². The van der Waals surface area contributed by atoms with Crippen LogP contribution in [0.2, 0.25) is 5.02 Å². The Balaban J connectivity index is 2.27. The second kappa shape index (κ2) is 5.98. The summed E-state index contributed by atoms with van der Waals surface area (Å²) in [5.74, 6) is -0.506. The molecule has 1 amide bonds. The minimum absolute atomic E-state index is 0.160. The number of amides is 1. The zero-order valence-corrected chi connectivity index (χ0v) is 12.2. The van der Waals surface area contributed by atoms with E-state index in [0.29, 0.717) is 4.47 Å². The van der Waals surface area contributed by atoms with Crippen molar-refractivity contribution < 1.29 is 9.72 Å². The van der Waals surface area contributed by atoms with E-state index in [1.54, 1.807) is 6.07 Å². The van der Waals surface area contributed by atoms with Gasteiger partial charge in [0.1, 0.15) is 5.69 Å². The fourth-order valence-corrected chi connectivity index (χ4v) is 1.94. The first-order valence-corrected chi connectivity index (χ1v) is 6.51. The van der Waals surface area contributed by atoms with E-state index >= 15 is 0 Å². The smallest absolute Gasteiger partial charge is 0.274 e. The molecule has 0 spiro atoms. The highest BCUT2D eigenvalue weighted by molar-refractivity contribution is 9.10. The molecule has 0 radical (unpaired) electrons. The van der Waals surface area contributed by atoms with Gasteiger partial charge in [0, 0.05) is 22.8 Å². The molecule has 2 aromatic rings. The third kappa shape index (κ3) is 3.31. The van der Waals surface area contributed by atoms with Crippen molar-refractivity contribution in [3.05, 3.63) is 61.8 Å². The molecule has 1 aromatic carbocycles. The number of non-ortho nitro benzene ring substituents is 1. The van der Waals surface area contributed by atoms with Crippen molar-refractivity contribution in [3.63, 3.8) is 0 Å². The van der Waals surface area contributed by atoms with Crippen molar-refractivity contribution >= 4 is 44.8 Å². The minimum Gasteiger partial charge on any atom is -0.319 e. The van der Waals surface area contributed by atoms with Crippen LogP contribution in [0.1, 0.15) is 10.5 Å². The van der Waals surface area contributed by atoms with E-state index < -0.39 is 10.8 Å². The first-order valence-electron chi connectivity index (χ1n) is 5.34. The van der Waals surface area contributed by atoms with Crippen molar-refractivity contribution in [2.24, 2.45) is 0 Å². The summed E-state index contributed by atoms with van der Waals surface area (Å²) >= 11 is 9.12. The maximum atomic E-state index is 12.0. The van der Waals surface area contributed by atoms with Crippen LogP contribution in [0, 0.1) is 10.1 Å². The van der Waals surface area contributed by atoms with Gasteiger partial charge in [-0.25, -0.2) is 0 Å². The molecule has 6 nitrogen and oxygen atoms in total. The highest BCUT2D eigenvalue weighted by Crippen LogP contribution is 2.27. The van der Waals surface area contributed by atoms with Crippen LogP contribution in [0.5, 0.6) is 0 Å². The fourth-order valence-electron chi connectivity index (χ4n) is 1.44. The lowest BCUT2D eigenvalue weighted by Gasteiger charge is -2.06. The van der Waals surface area contributed by atoms with Gasteiger partial charge in [0.05, 0.1) is 15.6 Å². The number of carbonyl (C=O) groups is 1. The van der Waals surface area contributed by atoms with Gasteiger partial charge in [0.15, 0.2) is 0 Å². The molecule has 1 aromatic heterocycles. The fraction of sp³-hybridized carbons (Fsp3) is 0. The van der Waals surface area contributed by atoms with E-state index in [1.807, 2.05) is 0 Å². The van der Waals surface area contributed by atoms with E-state index in [9.17, 15) is 14.9 Å². The average molecular weight is 357 g/mol. The molecule has 8 heteroatoms. The normalized spacial score (nSPS) is 10.1. The monoisotopic (exact) mass is 355 g/mol. The lowest BCUT2D eigenvalue weighted by molar-refractivity contribution is -0.384. The molecule has 20 heavy (non-hydrogen) atoms. The molecule has 1 heterocycles. The second-order valence-electron chi connectivity index (χ2n) is 3.73. The summed E-state index contributed by atoms with van der Waals surface area (Å²) in [4.78, 5) is 26.0. The largest absolute Gasteiger partial charge is 0.319 e. The third-order valence-electron chi connectivity index (χ3n) is 2.36. The number of nitro benzene ring substituents is 1. The SMILES string of the molecule is O=C(Nc1cc([N+](=O)[O-])ccc1Cl)c1cc(Br)ccn1. The topological polar surface area (TPSA) is 85.1 Å². The summed E-state index contributed by atoms with van der Waals surface area (Å²) in [5.41, 5.74) is 0.168. The van der Waals surface area contributed by atoms with Crippen LogP contribution in [-0.4, -0.2) is 15.8 Å². The molecule has 0 aliphatic carbocycles. The number of nitrogens with zero attached hydrogens (tertiary/aromatic N) is 2. The highest BCUT2D eigenvalue weighted by atomic mass is 79.9. The second-order valence-corrected chi connectivity index (χ2v) is 5.06. The molecule has 0 fully saturated rings. The van der Waals surface area contributed by atoms with E-state index in [0.717, 1.165) is 0 Å². The number of anilines is 1. The van der Waals surface area contributed by atoms with Crippen molar-refractivity contribution in [2.45, 2.75) is 0 Å². The Kier molecular flexibility index (Phi) is 4.31. The summed E-state index contributed by atoms with van der Waals surface area (Å²) in [6, 6.07) is 7.01. The van der Waals surface area contributed by atoms with E-state index in [2.05, 4.69) is 26.2 Å². The third-order valence-corrected chi connectivity index (χ3v) is 3.19. The summed E-state index contributed by atoms with van der Waals surface area (Å²) in [6.07, 6.45) is 1.47. The first-order chi connectivity index (χ1) is 9.47. The van der Waals surface area contributed by atoms with Crippen LogP contribution < -0.4 is 5.32 Å². The number of rotatable bonds is 3. The van der Waals surface area contributed by atoms with E-state index in [1.165, 1.54) is 30.5 Å². The van der Waals surface area contributed by atoms with E-state index in [4.69, 9.17) is 11.6 Å². The Hall–Kier alpha value is -1.99. The number of nitrogens with one attached hydrogen (secondary N) is 1. The zero-order valence-electron chi connectivity index (χ0n) is 9.84. The summed E-state index contributed by atoms with van der Waals surface area (Å²) in [6.45, 7) is 0. The minimum atomic E-state index is -0.566. The molecule has 0 aliphatic heterocycles. The molecular weight excluding hydrogens is 350 g/mol. The number of hydrogen-bond donors (Lipinski definition) is 1. The van der Waals surface area contributed by atoms with Crippen LogP contribution in [0.3, 0.4) is 0 Å². The number of nitro groups is 1. The first kappa shape index (κ1) is 14.4. The highest BCUT2D eigenvalue weighted by Gasteiger charge is 2.14. The Bertz CT molecular complexity index is 693. The van der Waals surface area contributed by atoms with Crippen molar-refractivity contribution in [2.75, 3.05) is 5.32 Å². The van der Waals surface area contributed by atoms with Crippen LogP contribution in [-0.2, 0) is 0 Å². The van der Waals surface area contributed by atoms with Gasteiger partial charge in [-0.05, 0) is 18.2 Å². The molecule has 0 unspecified atom stereocenters. The molecule has 1 N–H and O–H groups in total. The number of halogens is 2. The van der Waals surface area contributed by atoms with Crippen molar-refractivity contribution in [1.82, 2.24) is 4.98 Å². The van der Waals surface area contributed by atoms with Crippen LogP contribution in [0.15, 0.2) is 41.0 Å². The molecule has 0 saturated heterocycles. The zero-order chi connectivity index (χ0) is 14.7. The number of benzene rings is 1. The van der Waals surface area contributed by atoms with Gasteiger partial charge in [0.25, 0.3) is 11.6 Å². The van der Waals surface area contributed by atoms with Gasteiger partial charge in [-0.3, -0.25) is 19.9 Å². The summed E-state index contributed by atoms with van der Waals surface area (Å²) in [5, 5.41) is 13.4. The number of carbonyl (C=O) groups excluding carboxylic acids is 1. The standard InChI is InChI=1S/C12H7BrClN3O3/c13-7-3-4-15-11(5-7)12(18)16-10-6-8(17(19)20)1-2-9(10)14/h1-6H,(H,16,18). The van der Waals surface area contributed by atoms with Gasteiger partial charge < -0.3 is 5.32 Å². The molecule has 0 bridgehead atoms. The van der Waals surface area contributed by atoms with Gasteiger partial charge in [0.2, 0.25) is 0 Å². The number of pyridine rings is 1. The van der Waals surface area contributed by atoms with Gasteiger partial charge in [-0.2, -0.15) is 0 Å². The molecule has 102 valence electrons. The molecule has 0 atom stereocenters. The predicted octanol–water partition coefficient (Wildman–Crippen LogP) is 3.66. The van der Waals surface area contributed by atoms with Gasteiger partial charge in [-0.15, -0.1) is 0 Å². The summed E-state index contributed by atoms with van der Waals surface area (Å²) < 4.78 is 0.697. The van der Waals surface area contributed by atoms with Crippen LogP contribution in [0.25, 0.3) is 0 Å². The predicted molar refractivity (Wildman–Crippen MR) is 78.0 cm³/mol. The van der Waals surface area contributed by atoms with Crippen LogP contribution >= 0.6 is 27.5 Å². The number of hydrogen-bond acceptors (Lipinski definition) is 4. The lowest BCUT2D eigenvalue weighted by Crippen LogP contribution is -2.14. The van der Waals surface area contributed by atoms with Gasteiger partial charge in [-0.1, -0.05) is 27.5 Å². The summed E-state index contributed by atoms with van der Waals surface area (Å²) in [7, 11) is 0. The molecule has 2 rings (SSSR count). The number of aromatic nitrogens is 1. The maximum Gasteiger partial charge on any atom is 0.274 e. The lowest BCUT2D eigenvalue weighted by atomic mass is 10.2. The quantitative estimate of drug-likeness (QED) is 0.672. The Labute approximate surface area is 127 Å². The molecule has 0 saturated carbocycles. The van der Waals surface area contributed by atoms with Gasteiger partial charge >= 0.3 is 0 Å². The van der Waals surface area contributed by atoms with Crippen LogP contribution in [0.4, 0.5) is 11.4 Å². The molecular formula is C12H7BrClN3O3. The maximum absolute atomic E-state index is 12.0. The van der Waals surface area contributed by atoms with Crippen molar-refractivity contribution in [3.8, 4) is 0 Å². The molecule has 0 aliphatic rings. The Morgan fingerprint density at radius 3 is 2.75 bits per heavy atom.